The monoisotopic (exact) mass is 279 g/mol. The molecule has 2 bridgehead atoms. The second-order valence-corrected chi connectivity index (χ2v) is 6.34. The number of nitrogen functional groups attached to an aromatic ring is 1. The zero-order chi connectivity index (χ0) is 13.4. The first kappa shape index (κ1) is 13.2. The number of rotatable bonds is 2. The Morgan fingerprint density at radius 3 is 2.84 bits per heavy atom. The zero-order valence-corrected chi connectivity index (χ0v) is 12.2. The molecule has 0 aromatic heterocycles. The van der Waals surface area contributed by atoms with Crippen molar-refractivity contribution in [2.75, 3.05) is 25.9 Å². The number of fused-ring (bicyclic) bond motifs is 2. The first-order valence-corrected chi connectivity index (χ1v) is 7.49. The van der Waals surface area contributed by atoms with E-state index in [1.165, 1.54) is 37.9 Å². The van der Waals surface area contributed by atoms with Gasteiger partial charge in [-0.1, -0.05) is 17.7 Å². The summed E-state index contributed by atoms with van der Waals surface area (Å²) in [6.07, 6.45) is 4.01. The van der Waals surface area contributed by atoms with Crippen LogP contribution in [0.15, 0.2) is 18.2 Å². The molecule has 1 aromatic carbocycles. The molecule has 19 heavy (non-hydrogen) atoms. The van der Waals surface area contributed by atoms with Gasteiger partial charge < -0.3 is 5.73 Å². The van der Waals surface area contributed by atoms with E-state index in [-0.39, 0.29) is 0 Å². The lowest BCUT2D eigenvalue weighted by Gasteiger charge is -2.25. The van der Waals surface area contributed by atoms with Gasteiger partial charge in [-0.15, -0.1) is 0 Å². The molecule has 4 heteroatoms. The fourth-order valence-corrected chi connectivity index (χ4v) is 3.65. The van der Waals surface area contributed by atoms with E-state index in [4.69, 9.17) is 17.3 Å². The van der Waals surface area contributed by atoms with Crippen molar-refractivity contribution in [2.45, 2.75) is 37.9 Å². The Balaban J connectivity index is 1.68. The van der Waals surface area contributed by atoms with Crippen LogP contribution in [-0.2, 0) is 6.54 Å². The number of anilines is 1. The summed E-state index contributed by atoms with van der Waals surface area (Å²) in [6.45, 7) is 3.35. The number of hydrogen-bond acceptors (Lipinski definition) is 3. The average molecular weight is 280 g/mol. The van der Waals surface area contributed by atoms with E-state index in [0.717, 1.165) is 18.6 Å². The summed E-state index contributed by atoms with van der Waals surface area (Å²) in [7, 11) is 2.28. The molecular weight excluding hydrogens is 258 g/mol. The Morgan fingerprint density at radius 1 is 1.26 bits per heavy atom. The van der Waals surface area contributed by atoms with Crippen molar-refractivity contribution in [3.05, 3.63) is 28.8 Å². The fraction of sp³-hybridized carbons (Fsp3) is 0.600. The van der Waals surface area contributed by atoms with Crippen LogP contribution in [0.4, 0.5) is 5.69 Å². The SMILES string of the molecule is CN1C2CCC1CN(Cc1ccc(N)c(Cl)c1)CC2. The van der Waals surface area contributed by atoms with Gasteiger partial charge >= 0.3 is 0 Å². The molecule has 2 saturated heterocycles. The molecule has 2 aliphatic rings. The van der Waals surface area contributed by atoms with Crippen LogP contribution in [0.3, 0.4) is 0 Å². The summed E-state index contributed by atoms with van der Waals surface area (Å²) in [6, 6.07) is 7.53. The zero-order valence-electron chi connectivity index (χ0n) is 11.5. The van der Waals surface area contributed by atoms with Gasteiger partial charge in [-0.05, 0) is 44.0 Å². The summed E-state index contributed by atoms with van der Waals surface area (Å²) in [4.78, 5) is 5.14. The van der Waals surface area contributed by atoms with Crippen molar-refractivity contribution < 1.29 is 0 Å². The predicted molar refractivity (Wildman–Crippen MR) is 80.3 cm³/mol. The predicted octanol–water partition coefficient (Wildman–Crippen LogP) is 2.59. The van der Waals surface area contributed by atoms with Crippen molar-refractivity contribution in [1.29, 1.82) is 0 Å². The third-order valence-corrected chi connectivity index (χ3v) is 5.03. The molecule has 2 fully saturated rings. The first-order valence-electron chi connectivity index (χ1n) is 7.11. The highest BCUT2D eigenvalue weighted by molar-refractivity contribution is 6.33. The molecule has 1 aromatic rings. The van der Waals surface area contributed by atoms with Crippen LogP contribution >= 0.6 is 11.6 Å². The lowest BCUT2D eigenvalue weighted by molar-refractivity contribution is 0.214. The standard InChI is InChI=1S/C15H22ClN3/c1-18-12-3-4-13(18)10-19(7-6-12)9-11-2-5-15(17)14(16)8-11/h2,5,8,12-13H,3-4,6-7,9-10,17H2,1H3. The van der Waals surface area contributed by atoms with Gasteiger partial charge in [-0.3, -0.25) is 9.80 Å². The van der Waals surface area contributed by atoms with Gasteiger partial charge in [0.05, 0.1) is 10.7 Å². The molecule has 2 aliphatic heterocycles. The highest BCUT2D eigenvalue weighted by Crippen LogP contribution is 2.29. The quantitative estimate of drug-likeness (QED) is 0.845. The number of benzene rings is 1. The van der Waals surface area contributed by atoms with Gasteiger partial charge in [-0.25, -0.2) is 0 Å². The molecule has 3 rings (SSSR count). The van der Waals surface area contributed by atoms with Gasteiger partial charge in [0, 0.05) is 31.7 Å². The molecular formula is C15H22ClN3. The van der Waals surface area contributed by atoms with Gasteiger partial charge in [0.2, 0.25) is 0 Å². The number of nitrogens with two attached hydrogens (primary N) is 1. The molecule has 0 amide bonds. The maximum absolute atomic E-state index is 6.10. The number of hydrogen-bond donors (Lipinski definition) is 1. The number of likely N-dealkylation sites (N-methyl/N-ethyl adjacent to an activating group) is 1. The van der Waals surface area contributed by atoms with Gasteiger partial charge in [0.25, 0.3) is 0 Å². The Bertz CT molecular complexity index is 463. The van der Waals surface area contributed by atoms with Crippen molar-refractivity contribution in [3.8, 4) is 0 Å². The van der Waals surface area contributed by atoms with Crippen LogP contribution in [0.5, 0.6) is 0 Å². The topological polar surface area (TPSA) is 32.5 Å². The lowest BCUT2D eigenvalue weighted by Crippen LogP contribution is -2.36. The summed E-state index contributed by atoms with van der Waals surface area (Å²) in [5.41, 5.74) is 7.69. The fourth-order valence-electron chi connectivity index (χ4n) is 3.45. The average Bonchev–Trinajstić information content (AvgIpc) is 2.62. The molecule has 0 radical (unpaired) electrons. The van der Waals surface area contributed by atoms with E-state index < -0.39 is 0 Å². The van der Waals surface area contributed by atoms with E-state index in [9.17, 15) is 0 Å². The van der Waals surface area contributed by atoms with Gasteiger partial charge in [-0.2, -0.15) is 0 Å². The molecule has 0 saturated carbocycles. The van der Waals surface area contributed by atoms with Crippen LogP contribution in [0.2, 0.25) is 5.02 Å². The minimum atomic E-state index is 0.667. The minimum Gasteiger partial charge on any atom is -0.398 e. The summed E-state index contributed by atoms with van der Waals surface area (Å²) in [5, 5.41) is 0.672. The molecule has 0 spiro atoms. The van der Waals surface area contributed by atoms with Crippen LogP contribution in [0.25, 0.3) is 0 Å². The summed E-state index contributed by atoms with van der Waals surface area (Å²) in [5.74, 6) is 0. The van der Waals surface area contributed by atoms with Crippen LogP contribution in [-0.4, -0.2) is 42.0 Å². The number of halogens is 1. The molecule has 0 aliphatic carbocycles. The molecule has 2 unspecified atom stereocenters. The third-order valence-electron chi connectivity index (χ3n) is 4.70. The molecule has 2 N–H and O–H groups in total. The maximum atomic E-state index is 6.10. The maximum Gasteiger partial charge on any atom is 0.0638 e. The Labute approximate surface area is 120 Å². The lowest BCUT2D eigenvalue weighted by atomic mass is 10.1. The van der Waals surface area contributed by atoms with Crippen LogP contribution in [0, 0.1) is 0 Å². The Hall–Kier alpha value is -0.770. The molecule has 3 nitrogen and oxygen atoms in total. The van der Waals surface area contributed by atoms with E-state index >= 15 is 0 Å². The molecule has 2 heterocycles. The van der Waals surface area contributed by atoms with Crippen molar-refractivity contribution in [3.63, 3.8) is 0 Å². The van der Waals surface area contributed by atoms with Gasteiger partial charge in [0.15, 0.2) is 0 Å². The summed E-state index contributed by atoms with van der Waals surface area (Å²) < 4.78 is 0. The molecule has 2 atom stereocenters. The van der Waals surface area contributed by atoms with Gasteiger partial charge in [0.1, 0.15) is 0 Å². The number of nitrogens with zero attached hydrogens (tertiary/aromatic N) is 2. The molecule has 104 valence electrons. The first-order chi connectivity index (χ1) is 9.13. The third kappa shape index (κ3) is 2.73. The van der Waals surface area contributed by atoms with E-state index in [2.05, 4.69) is 22.9 Å². The van der Waals surface area contributed by atoms with Crippen molar-refractivity contribution in [2.24, 2.45) is 0 Å². The highest BCUT2D eigenvalue weighted by atomic mass is 35.5. The van der Waals surface area contributed by atoms with E-state index in [0.29, 0.717) is 10.7 Å². The van der Waals surface area contributed by atoms with E-state index in [1.807, 2.05) is 12.1 Å². The number of likely N-dealkylation sites (tertiary alicyclic amines) is 1. The summed E-state index contributed by atoms with van der Waals surface area (Å²) >= 11 is 6.10. The second kappa shape index (κ2) is 5.31. The second-order valence-electron chi connectivity index (χ2n) is 5.93. The van der Waals surface area contributed by atoms with Crippen molar-refractivity contribution in [1.82, 2.24) is 9.80 Å². The Kier molecular flexibility index (Phi) is 3.70. The Morgan fingerprint density at radius 2 is 2.05 bits per heavy atom. The normalized spacial score (nSPS) is 28.5. The van der Waals surface area contributed by atoms with E-state index in [1.54, 1.807) is 0 Å². The largest absolute Gasteiger partial charge is 0.398 e. The van der Waals surface area contributed by atoms with Crippen molar-refractivity contribution >= 4 is 17.3 Å². The van der Waals surface area contributed by atoms with Crippen LogP contribution in [0.1, 0.15) is 24.8 Å². The minimum absolute atomic E-state index is 0.667. The van der Waals surface area contributed by atoms with Crippen LogP contribution < -0.4 is 5.73 Å². The highest BCUT2D eigenvalue weighted by Gasteiger charge is 2.34. The smallest absolute Gasteiger partial charge is 0.0638 e.